The lowest BCUT2D eigenvalue weighted by molar-refractivity contribution is 0.145. The molecule has 0 unspecified atom stereocenters. The van der Waals surface area contributed by atoms with Gasteiger partial charge in [0.15, 0.2) is 11.5 Å². The van der Waals surface area contributed by atoms with E-state index in [9.17, 15) is 4.79 Å². The standard InChI is InChI=1S/C25H20N6O2/c1-27-19-4-2-16(3-5-19)17-11-23-24-28-8-9-30(24)22-7-6-20(10-18(22)14-29(23)13-17)31-15-21(12-26)33-25(31)32/h2-11,13,21H,12,14-15,26H2/t21-/m1/s1. The molecule has 0 radical (unpaired) electrons. The topological polar surface area (TPSA) is 82.7 Å². The third kappa shape index (κ3) is 3.10. The van der Waals surface area contributed by atoms with Gasteiger partial charge in [-0.3, -0.25) is 9.47 Å². The molecular formula is C25H20N6O2. The van der Waals surface area contributed by atoms with Crippen molar-refractivity contribution in [1.29, 1.82) is 0 Å². The van der Waals surface area contributed by atoms with Crippen LogP contribution < -0.4 is 10.6 Å². The molecule has 0 aliphatic carbocycles. The van der Waals surface area contributed by atoms with Gasteiger partial charge in [0.25, 0.3) is 0 Å². The van der Waals surface area contributed by atoms with Crippen LogP contribution in [-0.4, -0.2) is 39.4 Å². The van der Waals surface area contributed by atoms with Crippen molar-refractivity contribution in [2.24, 2.45) is 5.73 Å². The summed E-state index contributed by atoms with van der Waals surface area (Å²) in [5.74, 6) is 0.856. The summed E-state index contributed by atoms with van der Waals surface area (Å²) in [6.45, 7) is 8.55. The van der Waals surface area contributed by atoms with Gasteiger partial charge in [0.2, 0.25) is 0 Å². The summed E-state index contributed by atoms with van der Waals surface area (Å²) in [6.07, 6.45) is 5.20. The number of nitrogens with zero attached hydrogens (tertiary/aromatic N) is 5. The number of ether oxygens (including phenoxy) is 1. The van der Waals surface area contributed by atoms with Crippen molar-refractivity contribution in [1.82, 2.24) is 14.1 Å². The first kappa shape index (κ1) is 19.3. The highest BCUT2D eigenvalue weighted by Crippen LogP contribution is 2.36. The Bertz CT molecular complexity index is 1430. The summed E-state index contributed by atoms with van der Waals surface area (Å²) < 4.78 is 9.59. The number of rotatable bonds is 3. The van der Waals surface area contributed by atoms with Gasteiger partial charge in [-0.15, -0.1) is 0 Å². The van der Waals surface area contributed by atoms with Crippen molar-refractivity contribution in [3.63, 3.8) is 0 Å². The van der Waals surface area contributed by atoms with Crippen LogP contribution in [0.15, 0.2) is 67.1 Å². The number of nitrogens with two attached hydrogens (primary N) is 1. The molecule has 33 heavy (non-hydrogen) atoms. The molecule has 0 spiro atoms. The molecule has 0 saturated carbocycles. The Morgan fingerprint density at radius 1 is 1.15 bits per heavy atom. The molecule has 1 saturated heterocycles. The number of benzene rings is 2. The van der Waals surface area contributed by atoms with Crippen molar-refractivity contribution < 1.29 is 9.53 Å². The van der Waals surface area contributed by atoms with E-state index >= 15 is 0 Å². The van der Waals surface area contributed by atoms with Crippen LogP contribution in [-0.2, 0) is 11.3 Å². The quantitative estimate of drug-likeness (QED) is 0.430. The second-order valence-electron chi connectivity index (χ2n) is 8.19. The average molecular weight is 436 g/mol. The number of cyclic esters (lactones) is 1. The number of carbonyl (C=O) groups is 1. The maximum Gasteiger partial charge on any atom is 0.414 e. The molecule has 162 valence electrons. The van der Waals surface area contributed by atoms with E-state index in [4.69, 9.17) is 17.0 Å². The monoisotopic (exact) mass is 436 g/mol. The zero-order valence-corrected chi connectivity index (χ0v) is 17.7. The first-order valence-electron chi connectivity index (χ1n) is 10.7. The number of anilines is 1. The summed E-state index contributed by atoms with van der Waals surface area (Å²) in [6, 6.07) is 15.7. The van der Waals surface area contributed by atoms with Crippen LogP contribution in [0.2, 0.25) is 0 Å². The van der Waals surface area contributed by atoms with Crippen molar-refractivity contribution in [3.8, 4) is 28.3 Å². The number of aromatic nitrogens is 3. The SMILES string of the molecule is [C-]#[N+]c1ccc(-c2cc3n(c2)Cc2cc(N4C[C@@H](CN)OC4=O)ccc2-n2ccnc2-3)cc1. The van der Waals surface area contributed by atoms with E-state index in [0.717, 1.165) is 39.6 Å². The predicted octanol–water partition coefficient (Wildman–Crippen LogP) is 4.20. The van der Waals surface area contributed by atoms with Crippen LogP contribution in [0.5, 0.6) is 0 Å². The second kappa shape index (κ2) is 7.36. The Morgan fingerprint density at radius 2 is 2.00 bits per heavy atom. The molecule has 2 aromatic carbocycles. The molecule has 2 N–H and O–H groups in total. The minimum absolute atomic E-state index is 0.288. The fourth-order valence-electron chi connectivity index (χ4n) is 4.54. The minimum atomic E-state index is -0.367. The molecule has 6 rings (SSSR count). The zero-order chi connectivity index (χ0) is 22.5. The lowest BCUT2D eigenvalue weighted by Crippen LogP contribution is -2.27. The molecule has 4 heterocycles. The van der Waals surface area contributed by atoms with Gasteiger partial charge in [-0.05, 0) is 35.4 Å². The van der Waals surface area contributed by atoms with Gasteiger partial charge in [-0.1, -0.05) is 24.3 Å². The smallest absolute Gasteiger partial charge is 0.414 e. The zero-order valence-electron chi connectivity index (χ0n) is 17.7. The summed E-state index contributed by atoms with van der Waals surface area (Å²) >= 11 is 0. The Hall–Kier alpha value is -4.35. The number of fused-ring (bicyclic) bond motifs is 5. The summed E-state index contributed by atoms with van der Waals surface area (Å²) in [7, 11) is 0. The van der Waals surface area contributed by atoms with Gasteiger partial charge in [0, 0.05) is 42.9 Å². The van der Waals surface area contributed by atoms with Gasteiger partial charge in [0.05, 0.1) is 24.5 Å². The Kier molecular flexibility index (Phi) is 4.31. The molecule has 8 nitrogen and oxygen atoms in total. The van der Waals surface area contributed by atoms with Crippen LogP contribution in [0.1, 0.15) is 5.56 Å². The van der Waals surface area contributed by atoms with Crippen molar-refractivity contribution in [2.45, 2.75) is 12.6 Å². The van der Waals surface area contributed by atoms with Crippen LogP contribution in [0.25, 0.3) is 33.2 Å². The highest BCUT2D eigenvalue weighted by Gasteiger charge is 2.32. The fraction of sp³-hybridized carbons (Fsp3) is 0.160. The van der Waals surface area contributed by atoms with Crippen molar-refractivity contribution in [2.75, 3.05) is 18.0 Å². The predicted molar refractivity (Wildman–Crippen MR) is 124 cm³/mol. The van der Waals surface area contributed by atoms with E-state index in [-0.39, 0.29) is 12.2 Å². The minimum Gasteiger partial charge on any atom is -0.443 e. The number of hydrogen-bond acceptors (Lipinski definition) is 4. The maximum atomic E-state index is 12.4. The first-order valence-corrected chi connectivity index (χ1v) is 10.7. The van der Waals surface area contributed by atoms with E-state index in [1.54, 1.807) is 11.1 Å². The maximum absolute atomic E-state index is 12.4. The van der Waals surface area contributed by atoms with Crippen LogP contribution in [0.4, 0.5) is 16.2 Å². The summed E-state index contributed by atoms with van der Waals surface area (Å²) in [5, 5.41) is 0. The van der Waals surface area contributed by atoms with Gasteiger partial charge < -0.3 is 15.0 Å². The normalized spacial score (nSPS) is 16.4. The molecule has 2 aromatic heterocycles. The van der Waals surface area contributed by atoms with E-state index in [1.165, 1.54) is 0 Å². The third-order valence-electron chi connectivity index (χ3n) is 6.21. The molecule has 0 bridgehead atoms. The lowest BCUT2D eigenvalue weighted by Gasteiger charge is -2.17. The third-order valence-corrected chi connectivity index (χ3v) is 6.21. The van der Waals surface area contributed by atoms with E-state index in [1.807, 2.05) is 48.7 Å². The Balaban J connectivity index is 1.43. The highest BCUT2D eigenvalue weighted by atomic mass is 16.6. The second-order valence-corrected chi connectivity index (χ2v) is 8.19. The number of imidazole rings is 1. The Labute approximate surface area is 190 Å². The van der Waals surface area contributed by atoms with Crippen molar-refractivity contribution >= 4 is 17.5 Å². The molecule has 1 amide bonds. The average Bonchev–Trinajstić information content (AvgIpc) is 3.56. The number of amides is 1. The molecule has 1 fully saturated rings. The Morgan fingerprint density at radius 3 is 2.76 bits per heavy atom. The number of carbonyl (C=O) groups excluding carboxylic acids is 1. The van der Waals surface area contributed by atoms with Gasteiger partial charge in [0.1, 0.15) is 6.10 Å². The van der Waals surface area contributed by atoms with Gasteiger partial charge in [-0.2, -0.15) is 0 Å². The van der Waals surface area contributed by atoms with Crippen molar-refractivity contribution in [3.05, 3.63) is 84.1 Å². The summed E-state index contributed by atoms with van der Waals surface area (Å²) in [4.78, 5) is 22.1. The van der Waals surface area contributed by atoms with Gasteiger partial charge >= 0.3 is 6.09 Å². The van der Waals surface area contributed by atoms with Crippen LogP contribution in [0, 0.1) is 6.57 Å². The molecule has 4 aromatic rings. The van der Waals surface area contributed by atoms with Crippen LogP contribution >= 0.6 is 0 Å². The van der Waals surface area contributed by atoms with Gasteiger partial charge in [-0.25, -0.2) is 14.6 Å². The first-order chi connectivity index (χ1) is 16.1. The van der Waals surface area contributed by atoms with E-state index in [0.29, 0.717) is 25.3 Å². The van der Waals surface area contributed by atoms with E-state index < -0.39 is 0 Å². The molecule has 2 aliphatic rings. The fourth-order valence-corrected chi connectivity index (χ4v) is 4.54. The van der Waals surface area contributed by atoms with E-state index in [2.05, 4.69) is 31.2 Å². The molecule has 2 aliphatic heterocycles. The lowest BCUT2D eigenvalue weighted by atomic mass is 10.1. The number of hydrogen-bond donors (Lipinski definition) is 1. The molecule has 1 atom stereocenters. The van der Waals surface area contributed by atoms with Crippen LogP contribution in [0.3, 0.4) is 0 Å². The highest BCUT2D eigenvalue weighted by molar-refractivity contribution is 5.90. The molecular weight excluding hydrogens is 416 g/mol. The molecule has 8 heteroatoms. The summed E-state index contributed by atoms with van der Waals surface area (Å²) in [5.41, 5.74) is 12.3. The largest absolute Gasteiger partial charge is 0.443 e.